The highest BCUT2D eigenvalue weighted by molar-refractivity contribution is 7.89. The number of anilines is 1. The number of ether oxygens (including phenoxy) is 1. The molecule has 0 saturated carbocycles. The van der Waals surface area contributed by atoms with Crippen molar-refractivity contribution in [3.05, 3.63) is 64.8 Å². The van der Waals surface area contributed by atoms with Crippen LogP contribution in [0.4, 0.5) is 5.69 Å². The molecule has 0 unspecified atom stereocenters. The van der Waals surface area contributed by atoms with Crippen molar-refractivity contribution in [2.75, 3.05) is 26.0 Å². The van der Waals surface area contributed by atoms with Crippen LogP contribution in [0.2, 0.25) is 0 Å². The average molecular weight is 468 g/mol. The van der Waals surface area contributed by atoms with Gasteiger partial charge in [-0.25, -0.2) is 17.5 Å². The fraction of sp³-hybridized carbons (Fsp3) is 0.292. The fourth-order valence-electron chi connectivity index (χ4n) is 4.00. The summed E-state index contributed by atoms with van der Waals surface area (Å²) in [4.78, 5) is 30.2. The number of hydrogen-bond donors (Lipinski definition) is 1. The molecule has 33 heavy (non-hydrogen) atoms. The minimum absolute atomic E-state index is 0.0983. The zero-order valence-electron chi connectivity index (χ0n) is 18.7. The molecule has 0 atom stereocenters. The van der Waals surface area contributed by atoms with Crippen LogP contribution >= 0.6 is 0 Å². The van der Waals surface area contributed by atoms with Gasteiger partial charge in [0.1, 0.15) is 0 Å². The SMILES string of the molecule is Cc1ccc(NC(=O)COC(=O)c2c3c(nc4ccccc24)CCC3)cc1S(=O)(=O)N(C)C. The number of benzene rings is 2. The van der Waals surface area contributed by atoms with Crippen molar-refractivity contribution >= 4 is 38.5 Å². The first-order chi connectivity index (χ1) is 15.7. The largest absolute Gasteiger partial charge is 0.452 e. The molecule has 0 fully saturated rings. The molecule has 1 aromatic heterocycles. The second kappa shape index (κ2) is 8.92. The Hall–Kier alpha value is -3.30. The van der Waals surface area contributed by atoms with Gasteiger partial charge in [0.2, 0.25) is 10.0 Å². The first kappa shape index (κ1) is 22.9. The van der Waals surface area contributed by atoms with Gasteiger partial charge in [-0.15, -0.1) is 0 Å². The normalized spacial score (nSPS) is 13.2. The summed E-state index contributed by atoms with van der Waals surface area (Å²) >= 11 is 0. The Kier molecular flexibility index (Phi) is 6.18. The van der Waals surface area contributed by atoms with E-state index in [9.17, 15) is 18.0 Å². The predicted molar refractivity (Wildman–Crippen MR) is 125 cm³/mol. The molecule has 1 aliphatic rings. The minimum Gasteiger partial charge on any atom is -0.452 e. The Balaban J connectivity index is 1.51. The van der Waals surface area contributed by atoms with E-state index in [4.69, 9.17) is 4.74 Å². The van der Waals surface area contributed by atoms with Gasteiger partial charge in [-0.1, -0.05) is 24.3 Å². The summed E-state index contributed by atoms with van der Waals surface area (Å²) in [6.45, 7) is 1.19. The van der Waals surface area contributed by atoms with E-state index in [0.29, 0.717) is 22.2 Å². The quantitative estimate of drug-likeness (QED) is 0.559. The summed E-state index contributed by atoms with van der Waals surface area (Å²) in [5.41, 5.74) is 3.85. The molecule has 0 radical (unpaired) electrons. The average Bonchev–Trinajstić information content (AvgIpc) is 3.24. The monoisotopic (exact) mass is 467 g/mol. The molecule has 172 valence electrons. The molecule has 0 spiro atoms. The van der Waals surface area contributed by atoms with E-state index in [1.54, 1.807) is 19.1 Å². The number of aryl methyl sites for hydroxylation is 2. The van der Waals surface area contributed by atoms with Crippen LogP contribution in [0.15, 0.2) is 47.4 Å². The standard InChI is InChI=1S/C24H25N3O5S/c1-15-11-12-16(13-21(15)33(30,31)27(2)3)25-22(28)14-32-24(29)23-17-7-4-5-9-19(17)26-20-10-6-8-18(20)23/h4-5,7,9,11-13H,6,8,10,14H2,1-3H3,(H,25,28). The number of fused-ring (bicyclic) bond motifs is 2. The Morgan fingerprint density at radius 1 is 1.12 bits per heavy atom. The lowest BCUT2D eigenvalue weighted by atomic mass is 10.0. The van der Waals surface area contributed by atoms with Crippen LogP contribution in [0, 0.1) is 6.92 Å². The van der Waals surface area contributed by atoms with Gasteiger partial charge in [0, 0.05) is 30.9 Å². The Labute approximate surface area is 192 Å². The molecule has 1 amide bonds. The van der Waals surface area contributed by atoms with Crippen LogP contribution in [-0.4, -0.2) is 50.3 Å². The number of sulfonamides is 1. The highest BCUT2D eigenvalue weighted by atomic mass is 32.2. The van der Waals surface area contributed by atoms with E-state index in [-0.39, 0.29) is 4.90 Å². The predicted octanol–water partition coefficient (Wildman–Crippen LogP) is 3.08. The molecule has 1 aliphatic carbocycles. The number of carbonyl (C=O) groups is 2. The van der Waals surface area contributed by atoms with Crippen LogP contribution in [0.25, 0.3) is 10.9 Å². The van der Waals surface area contributed by atoms with Gasteiger partial charge in [-0.05, 0) is 55.5 Å². The smallest absolute Gasteiger partial charge is 0.339 e. The van der Waals surface area contributed by atoms with E-state index < -0.39 is 28.5 Å². The van der Waals surface area contributed by atoms with E-state index in [1.165, 1.54) is 20.2 Å². The number of aromatic nitrogens is 1. The van der Waals surface area contributed by atoms with Crippen LogP contribution in [-0.2, 0) is 32.4 Å². The number of nitrogens with one attached hydrogen (secondary N) is 1. The molecule has 4 rings (SSSR count). The maximum Gasteiger partial charge on any atom is 0.339 e. The molecule has 0 bridgehead atoms. The Bertz CT molecular complexity index is 1370. The number of para-hydroxylation sites is 1. The third kappa shape index (κ3) is 4.46. The number of amides is 1. The highest BCUT2D eigenvalue weighted by Crippen LogP contribution is 2.30. The first-order valence-electron chi connectivity index (χ1n) is 10.6. The van der Waals surface area contributed by atoms with Crippen molar-refractivity contribution in [2.45, 2.75) is 31.1 Å². The second-order valence-electron chi connectivity index (χ2n) is 8.17. The topological polar surface area (TPSA) is 106 Å². The lowest BCUT2D eigenvalue weighted by molar-refractivity contribution is -0.119. The van der Waals surface area contributed by atoms with Gasteiger partial charge in [-0.2, -0.15) is 0 Å². The molecular weight excluding hydrogens is 442 g/mol. The van der Waals surface area contributed by atoms with Gasteiger partial charge >= 0.3 is 5.97 Å². The lowest BCUT2D eigenvalue weighted by Crippen LogP contribution is -2.24. The number of hydrogen-bond acceptors (Lipinski definition) is 6. The second-order valence-corrected chi connectivity index (χ2v) is 10.3. The summed E-state index contributed by atoms with van der Waals surface area (Å²) in [5.74, 6) is -1.13. The van der Waals surface area contributed by atoms with Crippen molar-refractivity contribution in [2.24, 2.45) is 0 Å². The minimum atomic E-state index is -3.66. The van der Waals surface area contributed by atoms with Crippen LogP contribution < -0.4 is 5.32 Å². The highest BCUT2D eigenvalue weighted by Gasteiger charge is 2.25. The first-order valence-corrected chi connectivity index (χ1v) is 12.0. The third-order valence-electron chi connectivity index (χ3n) is 5.69. The fourth-order valence-corrected chi connectivity index (χ4v) is 5.14. The molecule has 9 heteroatoms. The van der Waals surface area contributed by atoms with Crippen molar-refractivity contribution < 1.29 is 22.7 Å². The van der Waals surface area contributed by atoms with E-state index in [0.717, 1.165) is 40.3 Å². The molecule has 1 heterocycles. The molecule has 3 aromatic rings. The van der Waals surface area contributed by atoms with Crippen LogP contribution in [0.1, 0.15) is 33.6 Å². The Morgan fingerprint density at radius 2 is 1.88 bits per heavy atom. The van der Waals surface area contributed by atoms with Crippen molar-refractivity contribution in [3.63, 3.8) is 0 Å². The zero-order valence-corrected chi connectivity index (χ0v) is 19.5. The van der Waals surface area contributed by atoms with Crippen LogP contribution in [0.3, 0.4) is 0 Å². The molecule has 8 nitrogen and oxygen atoms in total. The number of carbonyl (C=O) groups excluding carboxylic acids is 2. The summed E-state index contributed by atoms with van der Waals surface area (Å²) in [7, 11) is -0.777. The molecule has 0 saturated heterocycles. The van der Waals surface area contributed by atoms with Gasteiger partial charge in [0.05, 0.1) is 16.0 Å². The number of nitrogens with zero attached hydrogens (tertiary/aromatic N) is 2. The maximum atomic E-state index is 13.0. The van der Waals surface area contributed by atoms with E-state index >= 15 is 0 Å². The molecule has 0 aliphatic heterocycles. The van der Waals surface area contributed by atoms with Crippen molar-refractivity contribution in [1.29, 1.82) is 0 Å². The van der Waals surface area contributed by atoms with Gasteiger partial charge in [-0.3, -0.25) is 9.78 Å². The summed E-state index contributed by atoms with van der Waals surface area (Å²) < 4.78 is 31.5. The van der Waals surface area contributed by atoms with Crippen molar-refractivity contribution in [3.8, 4) is 0 Å². The van der Waals surface area contributed by atoms with E-state index in [1.807, 2.05) is 24.3 Å². The summed E-state index contributed by atoms with van der Waals surface area (Å²) in [6, 6.07) is 12.0. The maximum absolute atomic E-state index is 13.0. The van der Waals surface area contributed by atoms with Gasteiger partial charge in [0.15, 0.2) is 6.61 Å². The summed E-state index contributed by atoms with van der Waals surface area (Å²) in [6.07, 6.45) is 2.48. The zero-order chi connectivity index (χ0) is 23.8. The molecule has 1 N–H and O–H groups in total. The number of pyridine rings is 1. The van der Waals surface area contributed by atoms with E-state index in [2.05, 4.69) is 10.3 Å². The lowest BCUT2D eigenvalue weighted by Gasteiger charge is -2.15. The summed E-state index contributed by atoms with van der Waals surface area (Å²) in [5, 5.41) is 3.31. The molecule has 2 aromatic carbocycles. The third-order valence-corrected chi connectivity index (χ3v) is 7.65. The Morgan fingerprint density at radius 3 is 2.64 bits per heavy atom. The van der Waals surface area contributed by atoms with Crippen molar-refractivity contribution in [1.82, 2.24) is 9.29 Å². The van der Waals surface area contributed by atoms with Gasteiger partial charge < -0.3 is 10.1 Å². The number of esters is 1. The van der Waals surface area contributed by atoms with Gasteiger partial charge in [0.25, 0.3) is 5.91 Å². The molecular formula is C24H25N3O5S. The van der Waals surface area contributed by atoms with Crippen LogP contribution in [0.5, 0.6) is 0 Å². The number of rotatable bonds is 6.